The summed E-state index contributed by atoms with van der Waals surface area (Å²) in [5.74, 6) is -0.781. The molecule has 1 unspecified atom stereocenters. The van der Waals surface area contributed by atoms with E-state index in [1.54, 1.807) is 25.8 Å². The number of carbonyl (C=O) groups excluding carboxylic acids is 1. The lowest BCUT2D eigenvalue weighted by molar-refractivity contribution is -0.151. The van der Waals surface area contributed by atoms with Gasteiger partial charge >= 0.3 is 12.0 Å². The zero-order valence-corrected chi connectivity index (χ0v) is 12.4. The highest BCUT2D eigenvalue weighted by atomic mass is 16.4. The molecular weight excluding hydrogens is 276 g/mol. The number of amides is 2. The molecule has 1 atom stereocenters. The van der Waals surface area contributed by atoms with Gasteiger partial charge in [-0.15, -0.1) is 5.10 Å². The Morgan fingerprint density at radius 3 is 2.71 bits per heavy atom. The number of hydrogen-bond acceptors (Lipinski definition) is 5. The molecule has 1 aliphatic heterocycles. The van der Waals surface area contributed by atoms with Gasteiger partial charge in [-0.2, -0.15) is 4.80 Å². The van der Waals surface area contributed by atoms with Crippen LogP contribution in [0.4, 0.5) is 10.7 Å². The van der Waals surface area contributed by atoms with Gasteiger partial charge < -0.3 is 10.0 Å². The van der Waals surface area contributed by atoms with Crippen LogP contribution in [-0.2, 0) is 11.8 Å². The molecule has 1 fully saturated rings. The fraction of sp³-hybridized carbons (Fsp3) is 0.750. The molecule has 1 saturated heterocycles. The summed E-state index contributed by atoms with van der Waals surface area (Å²) in [5.41, 5.74) is -0.857. The number of urea groups is 1. The average Bonchev–Trinajstić information content (AvgIpc) is 2.84. The quantitative estimate of drug-likeness (QED) is 0.842. The van der Waals surface area contributed by atoms with Crippen molar-refractivity contribution >= 4 is 17.9 Å². The van der Waals surface area contributed by atoms with Crippen LogP contribution < -0.4 is 5.32 Å². The van der Waals surface area contributed by atoms with Gasteiger partial charge in [0.1, 0.15) is 0 Å². The molecule has 2 N–H and O–H groups in total. The van der Waals surface area contributed by atoms with Gasteiger partial charge in [-0.25, -0.2) is 4.79 Å². The molecule has 0 aromatic carbocycles. The summed E-state index contributed by atoms with van der Waals surface area (Å²) >= 11 is 0. The van der Waals surface area contributed by atoms with E-state index in [-0.39, 0.29) is 17.9 Å². The minimum absolute atomic E-state index is 0.0793. The number of carboxylic acids is 1. The first-order chi connectivity index (χ1) is 9.80. The van der Waals surface area contributed by atoms with Gasteiger partial charge in [0.25, 0.3) is 5.95 Å². The largest absolute Gasteiger partial charge is 0.481 e. The number of carboxylic acid groups (broad SMARTS) is 1. The Kier molecular flexibility index (Phi) is 4.10. The summed E-state index contributed by atoms with van der Waals surface area (Å²) in [5, 5.41) is 23.1. The minimum Gasteiger partial charge on any atom is -0.481 e. The number of tetrazole rings is 1. The van der Waals surface area contributed by atoms with E-state index in [4.69, 9.17) is 0 Å². The van der Waals surface area contributed by atoms with Crippen LogP contribution in [0.25, 0.3) is 0 Å². The van der Waals surface area contributed by atoms with E-state index >= 15 is 0 Å². The molecule has 1 aromatic heterocycles. The lowest BCUT2D eigenvalue weighted by Gasteiger charge is -2.38. The highest BCUT2D eigenvalue weighted by Gasteiger charge is 2.40. The number of rotatable bonds is 3. The molecule has 2 rings (SSSR count). The Hall–Kier alpha value is -2.19. The number of nitrogens with zero attached hydrogens (tertiary/aromatic N) is 5. The summed E-state index contributed by atoms with van der Waals surface area (Å²) in [6.45, 7) is 4.40. The zero-order valence-electron chi connectivity index (χ0n) is 12.4. The second-order valence-corrected chi connectivity index (χ2v) is 5.84. The van der Waals surface area contributed by atoms with Crippen molar-refractivity contribution in [1.82, 2.24) is 25.1 Å². The van der Waals surface area contributed by atoms with E-state index in [9.17, 15) is 14.7 Å². The maximum absolute atomic E-state index is 12.2. The number of likely N-dealkylation sites (tertiary alicyclic amines) is 1. The summed E-state index contributed by atoms with van der Waals surface area (Å²) in [6.07, 6.45) is 1.58. The Bertz CT molecular complexity index is 541. The van der Waals surface area contributed by atoms with E-state index in [2.05, 4.69) is 20.7 Å². The van der Waals surface area contributed by atoms with Crippen molar-refractivity contribution in [2.24, 2.45) is 18.4 Å². The van der Waals surface area contributed by atoms with Crippen molar-refractivity contribution in [3.63, 3.8) is 0 Å². The van der Waals surface area contributed by atoms with Gasteiger partial charge in [0, 0.05) is 13.1 Å². The molecule has 1 aliphatic rings. The van der Waals surface area contributed by atoms with Crippen molar-refractivity contribution in [2.75, 3.05) is 18.4 Å². The molecule has 0 spiro atoms. The van der Waals surface area contributed by atoms with Gasteiger partial charge in [0.2, 0.25) is 0 Å². The van der Waals surface area contributed by atoms with E-state index in [1.807, 2.05) is 0 Å². The Morgan fingerprint density at radius 2 is 2.14 bits per heavy atom. The topological polar surface area (TPSA) is 113 Å². The second-order valence-electron chi connectivity index (χ2n) is 5.84. The maximum Gasteiger partial charge on any atom is 0.324 e. The number of piperidine rings is 1. The van der Waals surface area contributed by atoms with Crippen molar-refractivity contribution in [3.05, 3.63) is 0 Å². The number of carbonyl (C=O) groups is 2. The molecule has 9 nitrogen and oxygen atoms in total. The normalized spacial score (nSPS) is 19.4. The molecule has 1 aromatic rings. The molecule has 21 heavy (non-hydrogen) atoms. The van der Waals surface area contributed by atoms with Crippen LogP contribution in [0.3, 0.4) is 0 Å². The highest BCUT2D eigenvalue weighted by Crippen LogP contribution is 2.34. The van der Waals surface area contributed by atoms with Crippen LogP contribution in [-0.4, -0.2) is 55.3 Å². The fourth-order valence-electron chi connectivity index (χ4n) is 2.43. The van der Waals surface area contributed by atoms with Crippen LogP contribution in [0.2, 0.25) is 0 Å². The molecule has 2 heterocycles. The van der Waals surface area contributed by atoms with Crippen molar-refractivity contribution < 1.29 is 14.7 Å². The summed E-state index contributed by atoms with van der Waals surface area (Å²) in [6, 6.07) is -0.325. The number of anilines is 1. The van der Waals surface area contributed by atoms with Gasteiger partial charge in [-0.1, -0.05) is 5.10 Å². The third-order valence-corrected chi connectivity index (χ3v) is 4.01. The average molecular weight is 296 g/mol. The molecule has 0 saturated carbocycles. The van der Waals surface area contributed by atoms with E-state index in [0.717, 1.165) is 12.8 Å². The first-order valence-corrected chi connectivity index (χ1v) is 6.84. The maximum atomic E-state index is 12.2. The monoisotopic (exact) mass is 296 g/mol. The Morgan fingerprint density at radius 1 is 1.43 bits per heavy atom. The molecule has 0 aliphatic carbocycles. The predicted octanol–water partition coefficient (Wildman–Crippen LogP) is 0.565. The fourth-order valence-corrected chi connectivity index (χ4v) is 2.43. The number of aryl methyl sites for hydroxylation is 1. The summed E-state index contributed by atoms with van der Waals surface area (Å²) in [7, 11) is 1.61. The molecule has 9 heteroatoms. The van der Waals surface area contributed by atoms with Gasteiger partial charge in [-0.05, 0) is 37.8 Å². The van der Waals surface area contributed by atoms with Gasteiger partial charge in [-0.3, -0.25) is 10.1 Å². The number of aliphatic carboxylic acids is 1. The van der Waals surface area contributed by atoms with Gasteiger partial charge in [0.15, 0.2) is 0 Å². The van der Waals surface area contributed by atoms with Crippen LogP contribution >= 0.6 is 0 Å². The van der Waals surface area contributed by atoms with E-state index in [0.29, 0.717) is 13.1 Å². The lowest BCUT2D eigenvalue weighted by Crippen LogP contribution is -2.48. The standard InChI is InChI=1S/C12H20N6O3/c1-12(2,9(19)20)8-5-4-6-18(7-8)11(21)13-10-14-16-17(3)15-10/h8H,4-7H2,1-3H3,(H,19,20)(H,13,15,21). The van der Waals surface area contributed by atoms with Gasteiger partial charge in [0.05, 0.1) is 12.5 Å². The van der Waals surface area contributed by atoms with E-state index in [1.165, 1.54) is 4.80 Å². The van der Waals surface area contributed by atoms with Crippen molar-refractivity contribution in [2.45, 2.75) is 26.7 Å². The predicted molar refractivity (Wildman–Crippen MR) is 73.5 cm³/mol. The third kappa shape index (κ3) is 3.29. The lowest BCUT2D eigenvalue weighted by atomic mass is 9.74. The number of aromatic nitrogens is 4. The molecule has 0 bridgehead atoms. The second kappa shape index (κ2) is 5.66. The first kappa shape index (κ1) is 15.2. The van der Waals surface area contributed by atoms with Crippen LogP contribution in [0.5, 0.6) is 0 Å². The highest BCUT2D eigenvalue weighted by molar-refractivity contribution is 5.87. The zero-order chi connectivity index (χ0) is 15.6. The SMILES string of the molecule is Cn1nnc(NC(=O)N2CCCC(C(C)(C)C(=O)O)C2)n1. The van der Waals surface area contributed by atoms with E-state index < -0.39 is 11.4 Å². The summed E-state index contributed by atoms with van der Waals surface area (Å²) < 4.78 is 0. The smallest absolute Gasteiger partial charge is 0.324 e. The van der Waals surface area contributed by atoms with Crippen LogP contribution in [0, 0.1) is 11.3 Å². The van der Waals surface area contributed by atoms with Crippen molar-refractivity contribution in [3.8, 4) is 0 Å². The summed E-state index contributed by atoms with van der Waals surface area (Å²) in [4.78, 5) is 26.4. The number of nitrogens with one attached hydrogen (secondary N) is 1. The van der Waals surface area contributed by atoms with Crippen LogP contribution in [0.1, 0.15) is 26.7 Å². The Balaban J connectivity index is 2.00. The molecule has 2 amide bonds. The first-order valence-electron chi connectivity index (χ1n) is 6.84. The Labute approximate surface area is 122 Å². The van der Waals surface area contributed by atoms with Crippen LogP contribution in [0.15, 0.2) is 0 Å². The third-order valence-electron chi connectivity index (χ3n) is 4.01. The molecular formula is C12H20N6O3. The molecule has 0 radical (unpaired) electrons. The molecule has 116 valence electrons. The van der Waals surface area contributed by atoms with Crippen molar-refractivity contribution in [1.29, 1.82) is 0 Å². The number of hydrogen-bond donors (Lipinski definition) is 2. The minimum atomic E-state index is -0.857.